The minimum absolute atomic E-state index is 0.0778. The number of hydrogen-bond acceptors (Lipinski definition) is 4. The molecular weight excluding hydrogens is 318 g/mol. The van der Waals surface area contributed by atoms with Crippen LogP contribution < -0.4 is 0 Å². The van der Waals surface area contributed by atoms with E-state index in [1.165, 1.54) is 0 Å². The molecule has 0 aliphatic carbocycles. The lowest BCUT2D eigenvalue weighted by Crippen LogP contribution is -2.43. The van der Waals surface area contributed by atoms with Gasteiger partial charge in [-0.05, 0) is 43.4 Å². The van der Waals surface area contributed by atoms with Crippen molar-refractivity contribution in [2.45, 2.75) is 26.7 Å². The van der Waals surface area contributed by atoms with Gasteiger partial charge in [0.25, 0.3) is 0 Å². The van der Waals surface area contributed by atoms with E-state index in [1.54, 1.807) is 6.26 Å². The smallest absolute Gasteiger partial charge is 0.227 e. The van der Waals surface area contributed by atoms with Gasteiger partial charge >= 0.3 is 0 Å². The first kappa shape index (κ1) is 16.6. The van der Waals surface area contributed by atoms with Crippen LogP contribution in [0.3, 0.4) is 0 Å². The summed E-state index contributed by atoms with van der Waals surface area (Å²) >= 11 is 0. The molecule has 2 atom stereocenters. The van der Waals surface area contributed by atoms with Crippen LogP contribution in [0.15, 0.2) is 22.8 Å². The second-order valence-corrected chi connectivity index (χ2v) is 7.73. The number of fused-ring (bicyclic) bond motifs is 2. The monoisotopic (exact) mass is 343 g/mol. The SMILES string of the molecule is Cc1cc(C)c2c(CC(=O)N3C[C@@H]4CCOC[C@]4(CO)C3)coc2c1. The van der Waals surface area contributed by atoms with Crippen LogP contribution in [0.4, 0.5) is 0 Å². The Morgan fingerprint density at radius 2 is 2.24 bits per heavy atom. The van der Waals surface area contributed by atoms with Crippen molar-refractivity contribution in [1.29, 1.82) is 0 Å². The second-order valence-electron chi connectivity index (χ2n) is 7.73. The van der Waals surface area contributed by atoms with Crippen LogP contribution in [0.2, 0.25) is 0 Å². The van der Waals surface area contributed by atoms with Crippen LogP contribution >= 0.6 is 0 Å². The summed E-state index contributed by atoms with van der Waals surface area (Å²) in [6.07, 6.45) is 2.96. The van der Waals surface area contributed by atoms with Gasteiger partial charge in [-0.15, -0.1) is 0 Å². The standard InChI is InChI=1S/C20H25NO4/c1-13-5-14(2)19-15(9-25-17(19)6-13)7-18(23)21-8-16-3-4-24-12-20(16,10-21)11-22/h5-6,9,16,22H,3-4,7-8,10-12H2,1-2H3/t16-,20+/m0/s1. The van der Waals surface area contributed by atoms with Crippen molar-refractivity contribution in [2.75, 3.05) is 32.9 Å². The molecule has 1 amide bonds. The number of furan rings is 1. The van der Waals surface area contributed by atoms with Crippen molar-refractivity contribution in [3.63, 3.8) is 0 Å². The Kier molecular flexibility index (Phi) is 4.08. The highest BCUT2D eigenvalue weighted by Gasteiger charge is 2.49. The molecule has 5 heteroatoms. The van der Waals surface area contributed by atoms with Gasteiger partial charge in [-0.3, -0.25) is 4.79 Å². The number of likely N-dealkylation sites (tertiary alicyclic amines) is 1. The fourth-order valence-corrected chi connectivity index (χ4v) is 4.54. The molecule has 4 rings (SSSR count). The van der Waals surface area contributed by atoms with E-state index in [9.17, 15) is 9.90 Å². The number of carbonyl (C=O) groups excluding carboxylic acids is 1. The molecule has 25 heavy (non-hydrogen) atoms. The van der Waals surface area contributed by atoms with Crippen molar-refractivity contribution in [3.8, 4) is 0 Å². The van der Waals surface area contributed by atoms with Crippen molar-refractivity contribution < 1.29 is 19.1 Å². The maximum atomic E-state index is 12.9. The molecule has 2 aromatic rings. The van der Waals surface area contributed by atoms with Gasteiger partial charge in [0.05, 0.1) is 25.9 Å². The van der Waals surface area contributed by atoms with Crippen molar-refractivity contribution >= 4 is 16.9 Å². The zero-order chi connectivity index (χ0) is 17.6. The predicted octanol–water partition coefficient (Wildman–Crippen LogP) is 2.45. The van der Waals surface area contributed by atoms with E-state index in [0.29, 0.717) is 25.5 Å². The number of ether oxygens (including phenoxy) is 1. The lowest BCUT2D eigenvalue weighted by molar-refractivity contribution is -0.130. The molecule has 1 aromatic carbocycles. The number of benzene rings is 1. The third-order valence-corrected chi connectivity index (χ3v) is 5.91. The van der Waals surface area contributed by atoms with Gasteiger partial charge in [0.1, 0.15) is 5.58 Å². The van der Waals surface area contributed by atoms with Gasteiger partial charge in [0.15, 0.2) is 0 Å². The van der Waals surface area contributed by atoms with Crippen LogP contribution in [0.1, 0.15) is 23.1 Å². The van der Waals surface area contributed by atoms with Gasteiger partial charge in [-0.25, -0.2) is 0 Å². The summed E-state index contributed by atoms with van der Waals surface area (Å²) in [5.41, 5.74) is 3.81. The number of amides is 1. The minimum Gasteiger partial charge on any atom is -0.464 e. The maximum Gasteiger partial charge on any atom is 0.227 e. The molecule has 2 aliphatic heterocycles. The number of nitrogens with zero attached hydrogens (tertiary/aromatic N) is 1. The highest BCUT2D eigenvalue weighted by Crippen LogP contribution is 2.41. The third-order valence-electron chi connectivity index (χ3n) is 5.91. The van der Waals surface area contributed by atoms with Crippen molar-refractivity contribution in [1.82, 2.24) is 4.90 Å². The van der Waals surface area contributed by atoms with E-state index in [0.717, 1.165) is 47.2 Å². The summed E-state index contributed by atoms with van der Waals surface area (Å²) in [6.45, 7) is 6.75. The molecule has 2 saturated heterocycles. The molecular formula is C20H25NO4. The highest BCUT2D eigenvalue weighted by atomic mass is 16.5. The molecule has 1 aromatic heterocycles. The topological polar surface area (TPSA) is 62.9 Å². The first-order chi connectivity index (χ1) is 12.0. The first-order valence-corrected chi connectivity index (χ1v) is 8.96. The maximum absolute atomic E-state index is 12.9. The van der Waals surface area contributed by atoms with Crippen LogP contribution in [-0.2, 0) is 16.0 Å². The zero-order valence-corrected chi connectivity index (χ0v) is 14.9. The van der Waals surface area contributed by atoms with E-state index >= 15 is 0 Å². The quantitative estimate of drug-likeness (QED) is 0.930. The molecule has 0 spiro atoms. The molecule has 2 fully saturated rings. The fraction of sp³-hybridized carbons (Fsp3) is 0.550. The van der Waals surface area contributed by atoms with Gasteiger partial charge < -0.3 is 19.2 Å². The summed E-state index contributed by atoms with van der Waals surface area (Å²) in [4.78, 5) is 14.8. The number of aliphatic hydroxyl groups excluding tert-OH is 1. The number of aliphatic hydroxyl groups is 1. The van der Waals surface area contributed by atoms with Crippen LogP contribution in [0.25, 0.3) is 11.0 Å². The number of aryl methyl sites for hydroxylation is 2. The number of hydrogen-bond donors (Lipinski definition) is 1. The molecule has 2 aliphatic rings. The Labute approximate surface area is 147 Å². The Bertz CT molecular complexity index is 811. The summed E-state index contributed by atoms with van der Waals surface area (Å²) in [5, 5.41) is 10.9. The highest BCUT2D eigenvalue weighted by molar-refractivity contribution is 5.90. The minimum atomic E-state index is -0.278. The molecule has 134 valence electrons. The first-order valence-electron chi connectivity index (χ1n) is 8.96. The second kappa shape index (κ2) is 6.15. The Balaban J connectivity index is 1.55. The summed E-state index contributed by atoms with van der Waals surface area (Å²) < 4.78 is 11.3. The molecule has 0 saturated carbocycles. The van der Waals surface area contributed by atoms with E-state index < -0.39 is 0 Å². The summed E-state index contributed by atoms with van der Waals surface area (Å²) in [6, 6.07) is 4.13. The summed E-state index contributed by atoms with van der Waals surface area (Å²) in [5.74, 6) is 0.436. The van der Waals surface area contributed by atoms with Crippen molar-refractivity contribution in [3.05, 3.63) is 35.1 Å². The Morgan fingerprint density at radius 3 is 3.00 bits per heavy atom. The van der Waals surface area contributed by atoms with Crippen molar-refractivity contribution in [2.24, 2.45) is 11.3 Å². The average molecular weight is 343 g/mol. The van der Waals surface area contributed by atoms with Crippen LogP contribution in [-0.4, -0.2) is 48.8 Å². The van der Waals surface area contributed by atoms with Crippen LogP contribution in [0, 0.1) is 25.2 Å². The largest absolute Gasteiger partial charge is 0.464 e. The van der Waals surface area contributed by atoms with Crippen LogP contribution in [0.5, 0.6) is 0 Å². The Morgan fingerprint density at radius 1 is 1.40 bits per heavy atom. The van der Waals surface area contributed by atoms with Gasteiger partial charge in [-0.1, -0.05) is 6.07 Å². The number of rotatable bonds is 3. The lowest BCUT2D eigenvalue weighted by atomic mass is 9.76. The molecule has 1 N–H and O–H groups in total. The predicted molar refractivity (Wildman–Crippen MR) is 94.4 cm³/mol. The lowest BCUT2D eigenvalue weighted by Gasteiger charge is -2.36. The normalized spacial score (nSPS) is 26.2. The summed E-state index contributed by atoms with van der Waals surface area (Å²) in [7, 11) is 0. The molecule has 0 bridgehead atoms. The molecule has 5 nitrogen and oxygen atoms in total. The Hall–Kier alpha value is -1.85. The van der Waals surface area contributed by atoms with Gasteiger partial charge in [0, 0.05) is 36.1 Å². The third kappa shape index (κ3) is 2.75. The van der Waals surface area contributed by atoms with E-state index in [-0.39, 0.29) is 17.9 Å². The van der Waals surface area contributed by atoms with E-state index in [1.807, 2.05) is 17.9 Å². The van der Waals surface area contributed by atoms with E-state index in [2.05, 4.69) is 13.0 Å². The molecule has 0 unspecified atom stereocenters. The average Bonchev–Trinajstić information content (AvgIpc) is 3.16. The number of carbonyl (C=O) groups is 1. The van der Waals surface area contributed by atoms with Gasteiger partial charge in [-0.2, -0.15) is 0 Å². The molecule has 3 heterocycles. The van der Waals surface area contributed by atoms with Gasteiger partial charge in [0.2, 0.25) is 5.91 Å². The molecule has 0 radical (unpaired) electrons. The fourth-order valence-electron chi connectivity index (χ4n) is 4.54. The van der Waals surface area contributed by atoms with E-state index in [4.69, 9.17) is 9.15 Å². The zero-order valence-electron chi connectivity index (χ0n) is 14.9.